The number of nitrogens with one attached hydrogen (secondary N) is 1. The maximum Gasteiger partial charge on any atom is 0.183 e. The summed E-state index contributed by atoms with van der Waals surface area (Å²) in [4.78, 5) is 0. The molecule has 4 heteroatoms. The fourth-order valence-electron chi connectivity index (χ4n) is 1.52. The predicted octanol–water partition coefficient (Wildman–Crippen LogP) is 3.69. The van der Waals surface area contributed by atoms with Crippen LogP contribution in [0.2, 0.25) is 0 Å². The van der Waals surface area contributed by atoms with Crippen molar-refractivity contribution in [2.45, 2.75) is 32.9 Å². The Morgan fingerprint density at radius 1 is 1.57 bits per heavy atom. The van der Waals surface area contributed by atoms with E-state index >= 15 is 0 Å². The number of hydrogen-bond acceptors (Lipinski definition) is 2. The van der Waals surface area contributed by atoms with Gasteiger partial charge >= 0.3 is 0 Å². The van der Waals surface area contributed by atoms with Crippen LogP contribution in [-0.4, -0.2) is 6.04 Å². The van der Waals surface area contributed by atoms with Crippen LogP contribution < -0.4 is 5.32 Å². The number of hydrogen-bond donors (Lipinski definition) is 1. The van der Waals surface area contributed by atoms with Crippen molar-refractivity contribution in [3.8, 4) is 0 Å². The van der Waals surface area contributed by atoms with Gasteiger partial charge in [-0.1, -0.05) is 13.8 Å². The zero-order valence-corrected chi connectivity index (χ0v) is 11.4. The van der Waals surface area contributed by atoms with Gasteiger partial charge in [0.05, 0.1) is 11.0 Å². The zero-order valence-electron chi connectivity index (χ0n) is 8.23. The van der Waals surface area contributed by atoms with Gasteiger partial charge in [-0.05, 0) is 49.8 Å². The number of furan rings is 1. The minimum absolute atomic E-state index is 0.473. The molecule has 2 rings (SSSR count). The van der Waals surface area contributed by atoms with Gasteiger partial charge in [0, 0.05) is 6.04 Å². The first kappa shape index (κ1) is 10.7. The molecule has 1 heterocycles. The van der Waals surface area contributed by atoms with Crippen molar-refractivity contribution in [1.29, 1.82) is 0 Å². The van der Waals surface area contributed by atoms with Gasteiger partial charge in [0.2, 0.25) is 0 Å². The molecule has 1 atom stereocenters. The highest BCUT2D eigenvalue weighted by atomic mass is 79.9. The second-order valence-corrected chi connectivity index (χ2v) is 6.04. The average Bonchev–Trinajstić information content (AvgIpc) is 2.56. The van der Waals surface area contributed by atoms with E-state index in [-0.39, 0.29) is 0 Å². The normalized spacial score (nSPS) is 23.9. The molecule has 2 nitrogen and oxygen atoms in total. The van der Waals surface area contributed by atoms with Crippen LogP contribution in [0.15, 0.2) is 19.6 Å². The molecule has 0 aromatic carbocycles. The Morgan fingerprint density at radius 2 is 2.21 bits per heavy atom. The lowest BCUT2D eigenvalue weighted by Crippen LogP contribution is -2.19. The Kier molecular flexibility index (Phi) is 2.79. The van der Waals surface area contributed by atoms with Crippen LogP contribution in [0.5, 0.6) is 0 Å². The summed E-state index contributed by atoms with van der Waals surface area (Å²) in [5.74, 6) is 0.964. The third kappa shape index (κ3) is 2.23. The molecular weight excluding hydrogens is 310 g/mol. The molecule has 1 aliphatic rings. The molecule has 0 spiro atoms. The van der Waals surface area contributed by atoms with Crippen LogP contribution in [0.3, 0.4) is 0 Å². The summed E-state index contributed by atoms with van der Waals surface area (Å²) in [6, 6.07) is 2.64. The lowest BCUT2D eigenvalue weighted by Gasteiger charge is -2.03. The smallest absolute Gasteiger partial charge is 0.183 e. The van der Waals surface area contributed by atoms with Crippen molar-refractivity contribution in [2.75, 3.05) is 0 Å². The second-order valence-electron chi connectivity index (χ2n) is 4.46. The zero-order chi connectivity index (χ0) is 10.3. The molecule has 0 saturated heterocycles. The van der Waals surface area contributed by atoms with Crippen LogP contribution in [0.25, 0.3) is 0 Å². The van der Waals surface area contributed by atoms with Crippen LogP contribution in [0, 0.1) is 5.41 Å². The molecule has 1 N–H and O–H groups in total. The van der Waals surface area contributed by atoms with Gasteiger partial charge in [0.25, 0.3) is 0 Å². The molecule has 1 aliphatic carbocycles. The van der Waals surface area contributed by atoms with Gasteiger partial charge in [-0.2, -0.15) is 0 Å². The van der Waals surface area contributed by atoms with Gasteiger partial charge in [-0.3, -0.25) is 0 Å². The lowest BCUT2D eigenvalue weighted by atomic mass is 10.2. The maximum atomic E-state index is 5.47. The van der Waals surface area contributed by atoms with E-state index in [4.69, 9.17) is 4.42 Å². The SMILES string of the molecule is CC1(C)CC1NCc1cc(Br)c(Br)o1. The third-order valence-electron chi connectivity index (χ3n) is 2.73. The van der Waals surface area contributed by atoms with Crippen molar-refractivity contribution in [3.63, 3.8) is 0 Å². The summed E-state index contributed by atoms with van der Waals surface area (Å²) in [7, 11) is 0. The first-order valence-corrected chi connectivity index (χ1v) is 6.25. The molecular formula is C10H13Br2NO. The Hall–Kier alpha value is 0.200. The van der Waals surface area contributed by atoms with Crippen LogP contribution in [0.4, 0.5) is 0 Å². The van der Waals surface area contributed by atoms with Gasteiger partial charge in [0.15, 0.2) is 4.67 Å². The molecule has 0 radical (unpaired) electrons. The van der Waals surface area contributed by atoms with E-state index in [0.29, 0.717) is 11.5 Å². The largest absolute Gasteiger partial charge is 0.452 e. The monoisotopic (exact) mass is 321 g/mol. The molecule has 1 aromatic heterocycles. The van der Waals surface area contributed by atoms with Gasteiger partial charge in [0.1, 0.15) is 5.76 Å². The van der Waals surface area contributed by atoms with E-state index in [1.54, 1.807) is 0 Å². The van der Waals surface area contributed by atoms with Crippen LogP contribution in [0.1, 0.15) is 26.0 Å². The number of halogens is 2. The summed E-state index contributed by atoms with van der Waals surface area (Å²) in [5, 5.41) is 3.47. The summed E-state index contributed by atoms with van der Waals surface area (Å²) in [5.41, 5.74) is 0.473. The highest BCUT2D eigenvalue weighted by Gasteiger charge is 2.45. The molecule has 14 heavy (non-hydrogen) atoms. The molecule has 0 amide bonds. The summed E-state index contributed by atoms with van der Waals surface area (Å²) in [6.45, 7) is 5.36. The van der Waals surface area contributed by atoms with Crippen molar-refractivity contribution in [3.05, 3.63) is 21.0 Å². The van der Waals surface area contributed by atoms with Crippen molar-refractivity contribution >= 4 is 31.9 Å². The van der Waals surface area contributed by atoms with Crippen LogP contribution in [-0.2, 0) is 6.54 Å². The number of rotatable bonds is 3. The van der Waals surface area contributed by atoms with Gasteiger partial charge in [-0.15, -0.1) is 0 Å². The molecule has 1 saturated carbocycles. The molecule has 0 aliphatic heterocycles. The molecule has 0 bridgehead atoms. The van der Waals surface area contributed by atoms with E-state index < -0.39 is 0 Å². The minimum atomic E-state index is 0.473. The Labute approximate surface area is 101 Å². The van der Waals surface area contributed by atoms with E-state index in [1.165, 1.54) is 6.42 Å². The summed E-state index contributed by atoms with van der Waals surface area (Å²) >= 11 is 6.71. The maximum absolute atomic E-state index is 5.47. The van der Waals surface area contributed by atoms with E-state index in [2.05, 4.69) is 51.0 Å². The lowest BCUT2D eigenvalue weighted by molar-refractivity contribution is 0.449. The third-order valence-corrected chi connectivity index (χ3v) is 4.44. The Bertz CT molecular complexity index is 326. The summed E-state index contributed by atoms with van der Waals surface area (Å²) < 4.78 is 7.21. The first-order chi connectivity index (χ1) is 6.49. The fourth-order valence-corrected chi connectivity index (χ4v) is 2.18. The van der Waals surface area contributed by atoms with E-state index in [9.17, 15) is 0 Å². The fraction of sp³-hybridized carbons (Fsp3) is 0.600. The van der Waals surface area contributed by atoms with E-state index in [0.717, 1.165) is 21.4 Å². The molecule has 1 aromatic rings. The minimum Gasteiger partial charge on any atom is -0.452 e. The second kappa shape index (κ2) is 3.65. The van der Waals surface area contributed by atoms with Gasteiger partial charge in [-0.25, -0.2) is 0 Å². The molecule has 1 fully saturated rings. The summed E-state index contributed by atoms with van der Waals surface area (Å²) in [6.07, 6.45) is 1.26. The highest BCUT2D eigenvalue weighted by Crippen LogP contribution is 2.44. The quantitative estimate of drug-likeness (QED) is 0.918. The van der Waals surface area contributed by atoms with Crippen molar-refractivity contribution in [2.24, 2.45) is 5.41 Å². The Balaban J connectivity index is 1.87. The van der Waals surface area contributed by atoms with Gasteiger partial charge < -0.3 is 9.73 Å². The van der Waals surface area contributed by atoms with E-state index in [1.807, 2.05) is 6.07 Å². The van der Waals surface area contributed by atoms with Crippen LogP contribution >= 0.6 is 31.9 Å². The predicted molar refractivity (Wildman–Crippen MR) is 63.1 cm³/mol. The molecule has 78 valence electrons. The molecule has 1 unspecified atom stereocenters. The average molecular weight is 323 g/mol. The standard InChI is InChI=1S/C10H13Br2NO/c1-10(2)4-8(10)13-5-6-3-7(11)9(12)14-6/h3,8,13H,4-5H2,1-2H3. The topological polar surface area (TPSA) is 25.2 Å². The Morgan fingerprint density at radius 3 is 2.64 bits per heavy atom. The van der Waals surface area contributed by atoms with Crippen molar-refractivity contribution < 1.29 is 4.42 Å². The van der Waals surface area contributed by atoms with Crippen molar-refractivity contribution in [1.82, 2.24) is 5.32 Å². The highest BCUT2D eigenvalue weighted by molar-refractivity contribution is 9.13. The first-order valence-electron chi connectivity index (χ1n) is 4.66.